The van der Waals surface area contributed by atoms with E-state index in [-0.39, 0.29) is 29.7 Å². The van der Waals surface area contributed by atoms with Crippen molar-refractivity contribution in [3.05, 3.63) is 69.7 Å². The van der Waals surface area contributed by atoms with E-state index in [1.54, 1.807) is 14.1 Å². The highest BCUT2D eigenvalue weighted by Gasteiger charge is 2.63. The molecule has 6 N–H and O–H groups in total. The number of allylic oxidation sites excluding steroid dienone is 1. The van der Waals surface area contributed by atoms with Crippen molar-refractivity contribution < 1.29 is 34.8 Å². The number of benzene rings is 2. The van der Waals surface area contributed by atoms with E-state index in [9.17, 15) is 34.8 Å². The molecule has 3 aliphatic rings. The Bertz CT molecular complexity index is 1550. The monoisotopic (exact) mass is 561 g/mol. The summed E-state index contributed by atoms with van der Waals surface area (Å²) in [4.78, 5) is 43.3. The minimum atomic E-state index is -2.66. The lowest BCUT2D eigenvalue weighted by atomic mass is 9.58. The first-order valence-corrected chi connectivity index (χ1v) is 13.6. The zero-order valence-corrected chi connectivity index (χ0v) is 23.7. The lowest BCUT2D eigenvalue weighted by Gasteiger charge is -2.50. The largest absolute Gasteiger partial charge is 0.510 e. The topological polar surface area (TPSA) is 165 Å². The van der Waals surface area contributed by atoms with E-state index in [1.807, 2.05) is 56.3 Å². The van der Waals surface area contributed by atoms with Gasteiger partial charge in [0.1, 0.15) is 22.8 Å². The van der Waals surface area contributed by atoms with E-state index in [2.05, 4.69) is 0 Å². The van der Waals surface area contributed by atoms with Crippen LogP contribution in [0.1, 0.15) is 34.8 Å². The molecule has 10 nitrogen and oxygen atoms in total. The summed E-state index contributed by atoms with van der Waals surface area (Å²) in [6, 6.07) is 8.66. The number of aliphatic hydroxyl groups excluding tert-OH is 2. The molecule has 2 aromatic rings. The second-order valence-electron chi connectivity index (χ2n) is 11.5. The third-order valence-corrected chi connectivity index (χ3v) is 8.88. The first kappa shape index (κ1) is 28.4. The Balaban J connectivity index is 1.73. The number of aliphatic hydroxyl groups is 3. The predicted octanol–water partition coefficient (Wildman–Crippen LogP) is 2.42. The number of aryl methyl sites for hydroxylation is 1. The zero-order valence-electron chi connectivity index (χ0n) is 23.7. The Morgan fingerprint density at radius 1 is 1.07 bits per heavy atom. The number of Topliss-reactive ketones (excluding diaryl/α,β-unsaturated/α-hetero) is 2. The molecule has 2 aromatic carbocycles. The van der Waals surface area contributed by atoms with Crippen molar-refractivity contribution in [2.75, 3.05) is 33.1 Å². The van der Waals surface area contributed by atoms with Crippen molar-refractivity contribution in [1.29, 1.82) is 0 Å². The molecule has 41 heavy (non-hydrogen) atoms. The molecule has 3 aliphatic carbocycles. The number of hydrogen-bond donors (Lipinski definition) is 5. The van der Waals surface area contributed by atoms with E-state index in [4.69, 9.17) is 5.73 Å². The molecule has 5 rings (SSSR count). The fourth-order valence-electron chi connectivity index (χ4n) is 6.84. The molecule has 0 saturated heterocycles. The average molecular weight is 562 g/mol. The van der Waals surface area contributed by atoms with Crippen molar-refractivity contribution in [2.45, 2.75) is 37.8 Å². The van der Waals surface area contributed by atoms with Crippen molar-refractivity contribution >= 4 is 23.2 Å². The van der Waals surface area contributed by atoms with Gasteiger partial charge in [-0.25, -0.2) is 0 Å². The van der Waals surface area contributed by atoms with Gasteiger partial charge in [0.25, 0.3) is 5.91 Å². The lowest BCUT2D eigenvalue weighted by molar-refractivity contribution is -0.148. The van der Waals surface area contributed by atoms with Gasteiger partial charge in [-0.05, 0) is 79.7 Å². The Hall–Kier alpha value is -4.15. The van der Waals surface area contributed by atoms with Crippen LogP contribution in [-0.4, -0.2) is 82.6 Å². The molecule has 0 bridgehead atoms. The van der Waals surface area contributed by atoms with E-state index in [0.717, 1.165) is 16.8 Å². The standard InChI is InChI=1S/C31H35N3O7/c1-6-14-11-18(15-7-9-17(10-8-15)33(2)3)19-12-16-13-20-24(34(4)5)27(37)23(30(32)40)29(39)31(20,41)28(38)21(16)26(36)22(19)25(14)35/h7-11,16,20,24,35,37-38,41H,6,12-13H2,1-5H3,(H2,32,40)/t16-,20+,24?,31+/m0/s1. The number of nitrogens with two attached hydrogens (primary N) is 1. The van der Waals surface area contributed by atoms with E-state index in [0.29, 0.717) is 17.5 Å². The second-order valence-corrected chi connectivity index (χ2v) is 11.5. The fourth-order valence-corrected chi connectivity index (χ4v) is 6.84. The van der Waals surface area contributed by atoms with Crippen molar-refractivity contribution in [2.24, 2.45) is 17.6 Å². The summed E-state index contributed by atoms with van der Waals surface area (Å²) in [6.45, 7) is 1.85. The van der Waals surface area contributed by atoms with Gasteiger partial charge in [-0.3, -0.25) is 19.3 Å². The molecule has 10 heteroatoms. The Kier molecular flexibility index (Phi) is 6.74. The Labute approximate surface area is 238 Å². The molecule has 1 amide bonds. The first-order chi connectivity index (χ1) is 19.2. The number of phenolic OH excluding ortho intramolecular Hbond substituents is 1. The highest BCUT2D eigenvalue weighted by atomic mass is 16.3. The summed E-state index contributed by atoms with van der Waals surface area (Å²) in [5, 5.41) is 45.5. The number of anilines is 1. The number of carbonyl (C=O) groups excluding carboxylic acids is 3. The highest BCUT2D eigenvalue weighted by Crippen LogP contribution is 2.53. The summed E-state index contributed by atoms with van der Waals surface area (Å²) in [5.41, 5.74) is 5.55. The smallest absolute Gasteiger partial charge is 0.255 e. The van der Waals surface area contributed by atoms with Gasteiger partial charge in [-0.2, -0.15) is 0 Å². The highest BCUT2D eigenvalue weighted by molar-refractivity contribution is 6.25. The van der Waals surface area contributed by atoms with Gasteiger partial charge in [-0.15, -0.1) is 0 Å². The third-order valence-electron chi connectivity index (χ3n) is 8.88. The van der Waals surface area contributed by atoms with Gasteiger partial charge in [0.2, 0.25) is 5.78 Å². The number of primary amides is 1. The molecule has 0 aliphatic heterocycles. The number of fused-ring (bicyclic) bond motifs is 3. The van der Waals surface area contributed by atoms with Gasteiger partial charge in [0.05, 0.1) is 11.6 Å². The van der Waals surface area contributed by atoms with E-state index >= 15 is 0 Å². The van der Waals surface area contributed by atoms with Crippen molar-refractivity contribution in [3.8, 4) is 16.9 Å². The van der Waals surface area contributed by atoms with E-state index < -0.39 is 58.0 Å². The van der Waals surface area contributed by atoms with Gasteiger partial charge in [-0.1, -0.05) is 19.1 Å². The van der Waals surface area contributed by atoms with Crippen LogP contribution >= 0.6 is 0 Å². The van der Waals surface area contributed by atoms with Gasteiger partial charge in [0, 0.05) is 31.3 Å². The first-order valence-electron chi connectivity index (χ1n) is 13.6. The summed E-state index contributed by atoms with van der Waals surface area (Å²) >= 11 is 0. The van der Waals surface area contributed by atoms with E-state index in [1.165, 1.54) is 4.90 Å². The maximum Gasteiger partial charge on any atom is 0.255 e. The summed E-state index contributed by atoms with van der Waals surface area (Å²) < 4.78 is 0. The minimum Gasteiger partial charge on any atom is -0.510 e. The van der Waals surface area contributed by atoms with Crippen molar-refractivity contribution in [3.63, 3.8) is 0 Å². The van der Waals surface area contributed by atoms with Crippen LogP contribution in [0.3, 0.4) is 0 Å². The number of aromatic hydroxyl groups is 1. The van der Waals surface area contributed by atoms with Crippen LogP contribution in [0.4, 0.5) is 5.69 Å². The molecular formula is C31H35N3O7. The van der Waals surface area contributed by atoms with Gasteiger partial charge >= 0.3 is 0 Å². The molecular weight excluding hydrogens is 526 g/mol. The Morgan fingerprint density at radius 3 is 2.24 bits per heavy atom. The van der Waals surface area contributed by atoms with Gasteiger partial charge < -0.3 is 31.1 Å². The summed E-state index contributed by atoms with van der Waals surface area (Å²) in [7, 11) is 7.08. The SMILES string of the molecule is CCc1cc(-c2ccc(N(C)C)cc2)c2c(c1O)C(=O)C1=C(O)[C@@]3(O)C(=O)C(C(N)=O)=C(O)C(N(C)C)[C@H]3C[C@@H]1C2. The average Bonchev–Trinajstić information content (AvgIpc) is 2.90. The number of likely N-dealkylation sites (N-methyl/N-ethyl adjacent to an activating group) is 1. The molecule has 4 atom stereocenters. The van der Waals surface area contributed by atoms with Crippen molar-refractivity contribution in [1.82, 2.24) is 4.90 Å². The second kappa shape index (κ2) is 9.74. The molecule has 0 radical (unpaired) electrons. The maximum atomic E-state index is 14.1. The number of hydrogen-bond acceptors (Lipinski definition) is 9. The normalized spacial score (nSPS) is 25.7. The lowest BCUT2D eigenvalue weighted by Crippen LogP contribution is -2.63. The van der Waals surface area contributed by atoms with Crippen LogP contribution in [0.5, 0.6) is 5.75 Å². The predicted molar refractivity (Wildman–Crippen MR) is 153 cm³/mol. The zero-order chi connectivity index (χ0) is 30.1. The Morgan fingerprint density at radius 2 is 1.71 bits per heavy atom. The quantitative estimate of drug-likeness (QED) is 0.345. The summed E-state index contributed by atoms with van der Waals surface area (Å²) in [5.74, 6) is -6.54. The van der Waals surface area contributed by atoms with Crippen LogP contribution in [0.15, 0.2) is 53.0 Å². The number of carbonyl (C=O) groups is 3. The maximum absolute atomic E-state index is 14.1. The number of phenols is 1. The molecule has 216 valence electrons. The molecule has 0 spiro atoms. The minimum absolute atomic E-state index is 0.0248. The summed E-state index contributed by atoms with van der Waals surface area (Å²) in [6.07, 6.45) is 0.711. The molecule has 0 aromatic heterocycles. The molecule has 0 fully saturated rings. The van der Waals surface area contributed by atoms with Gasteiger partial charge in [0.15, 0.2) is 11.4 Å². The van der Waals surface area contributed by atoms with Crippen LogP contribution in [-0.2, 0) is 22.4 Å². The van der Waals surface area contributed by atoms with Crippen LogP contribution < -0.4 is 10.6 Å². The van der Waals surface area contributed by atoms with Crippen LogP contribution in [0.2, 0.25) is 0 Å². The molecule has 0 saturated carbocycles. The number of ketones is 2. The number of nitrogens with zero attached hydrogens (tertiary/aromatic N) is 2. The number of amides is 1. The van der Waals surface area contributed by atoms with Crippen LogP contribution in [0, 0.1) is 11.8 Å². The molecule has 1 unspecified atom stereocenters. The fraction of sp³-hybridized carbons (Fsp3) is 0.387. The van der Waals surface area contributed by atoms with Crippen LogP contribution in [0.25, 0.3) is 11.1 Å². The molecule has 0 heterocycles. The third kappa shape index (κ3) is 3.96. The number of rotatable bonds is 5.